The Morgan fingerprint density at radius 2 is 2.23 bits per heavy atom. The number of imidazole rings is 1. The Kier molecular flexibility index (Phi) is 4.33. The van der Waals surface area contributed by atoms with Gasteiger partial charge in [0.05, 0.1) is 18.1 Å². The SMILES string of the molecule is Cc1cn2cccc(OCCCCN3C(=O)CSC3=O)c2n1. The van der Waals surface area contributed by atoms with Crippen molar-refractivity contribution < 1.29 is 14.3 Å². The van der Waals surface area contributed by atoms with Crippen molar-refractivity contribution in [1.29, 1.82) is 0 Å². The van der Waals surface area contributed by atoms with Crippen LogP contribution < -0.4 is 4.74 Å². The first-order chi connectivity index (χ1) is 10.6. The van der Waals surface area contributed by atoms with E-state index >= 15 is 0 Å². The van der Waals surface area contributed by atoms with Gasteiger partial charge in [-0.15, -0.1) is 0 Å². The number of imide groups is 1. The molecule has 22 heavy (non-hydrogen) atoms. The summed E-state index contributed by atoms with van der Waals surface area (Å²) in [5.41, 5.74) is 1.75. The van der Waals surface area contributed by atoms with Gasteiger partial charge in [-0.05, 0) is 31.9 Å². The standard InChI is InChI=1S/C15H17N3O3S/c1-11-9-17-6-4-5-12(14(17)16-11)21-8-3-2-7-18-13(19)10-22-15(18)20/h4-6,9H,2-3,7-8,10H2,1H3. The lowest BCUT2D eigenvalue weighted by atomic mass is 10.3. The van der Waals surface area contributed by atoms with Crippen LogP contribution in [0.1, 0.15) is 18.5 Å². The molecular weight excluding hydrogens is 302 g/mol. The molecule has 1 saturated heterocycles. The van der Waals surface area contributed by atoms with E-state index in [0.717, 1.165) is 41.7 Å². The van der Waals surface area contributed by atoms with Crippen molar-refractivity contribution in [1.82, 2.24) is 14.3 Å². The fourth-order valence-corrected chi connectivity index (χ4v) is 3.13. The van der Waals surface area contributed by atoms with Crippen LogP contribution >= 0.6 is 11.8 Å². The van der Waals surface area contributed by atoms with E-state index in [2.05, 4.69) is 4.98 Å². The smallest absolute Gasteiger partial charge is 0.288 e. The van der Waals surface area contributed by atoms with Crippen LogP contribution in [0, 0.1) is 6.92 Å². The number of hydrogen-bond acceptors (Lipinski definition) is 5. The molecule has 7 heteroatoms. The maximum absolute atomic E-state index is 11.5. The summed E-state index contributed by atoms with van der Waals surface area (Å²) in [5.74, 6) is 0.935. The maximum Gasteiger partial charge on any atom is 0.288 e. The molecule has 0 unspecified atom stereocenters. The topological polar surface area (TPSA) is 63.9 Å². The Balaban J connectivity index is 1.48. The summed E-state index contributed by atoms with van der Waals surface area (Å²) in [6.45, 7) is 2.95. The number of nitrogens with zero attached hydrogens (tertiary/aromatic N) is 3. The van der Waals surface area contributed by atoms with Crippen molar-refractivity contribution in [2.75, 3.05) is 18.9 Å². The lowest BCUT2D eigenvalue weighted by Gasteiger charge is -2.12. The van der Waals surface area contributed by atoms with Gasteiger partial charge in [-0.2, -0.15) is 0 Å². The first-order valence-electron chi connectivity index (χ1n) is 7.19. The normalized spacial score (nSPS) is 15.0. The average Bonchev–Trinajstić information content (AvgIpc) is 3.02. The molecule has 3 rings (SSSR count). The van der Waals surface area contributed by atoms with Gasteiger partial charge >= 0.3 is 0 Å². The first-order valence-corrected chi connectivity index (χ1v) is 8.18. The molecule has 0 saturated carbocycles. The number of amides is 2. The second-order valence-corrected chi connectivity index (χ2v) is 6.07. The van der Waals surface area contributed by atoms with E-state index in [1.54, 1.807) is 0 Å². The summed E-state index contributed by atoms with van der Waals surface area (Å²) < 4.78 is 7.71. The second-order valence-electron chi connectivity index (χ2n) is 5.14. The highest BCUT2D eigenvalue weighted by molar-refractivity contribution is 8.14. The number of carbonyl (C=O) groups excluding carboxylic acids is 2. The fourth-order valence-electron chi connectivity index (χ4n) is 2.37. The van der Waals surface area contributed by atoms with Crippen LogP contribution in [0.3, 0.4) is 0 Å². The molecule has 0 aromatic carbocycles. The van der Waals surface area contributed by atoms with Crippen LogP contribution in [0.5, 0.6) is 5.75 Å². The van der Waals surface area contributed by atoms with Crippen LogP contribution in [0.25, 0.3) is 5.65 Å². The predicted octanol–water partition coefficient (Wildman–Crippen LogP) is 2.50. The average molecular weight is 319 g/mol. The lowest BCUT2D eigenvalue weighted by Crippen LogP contribution is -2.29. The first kappa shape index (κ1) is 14.9. The molecule has 0 radical (unpaired) electrons. The third-order valence-corrected chi connectivity index (χ3v) is 4.30. The van der Waals surface area contributed by atoms with Crippen molar-refractivity contribution in [3.05, 3.63) is 30.2 Å². The molecular formula is C15H17N3O3S. The summed E-state index contributed by atoms with van der Waals surface area (Å²) in [4.78, 5) is 28.7. The fraction of sp³-hybridized carbons (Fsp3) is 0.400. The zero-order valence-electron chi connectivity index (χ0n) is 12.3. The molecule has 3 heterocycles. The van der Waals surface area contributed by atoms with Crippen molar-refractivity contribution in [3.8, 4) is 5.75 Å². The Morgan fingerprint density at radius 3 is 3.00 bits per heavy atom. The number of aromatic nitrogens is 2. The Morgan fingerprint density at radius 1 is 1.36 bits per heavy atom. The molecule has 0 bridgehead atoms. The molecule has 2 aromatic heterocycles. The van der Waals surface area contributed by atoms with Crippen LogP contribution in [0.15, 0.2) is 24.5 Å². The number of ether oxygens (including phenoxy) is 1. The summed E-state index contributed by atoms with van der Waals surface area (Å²) in [5, 5.41) is -0.136. The number of unbranched alkanes of at least 4 members (excludes halogenated alkanes) is 1. The molecule has 1 fully saturated rings. The molecule has 2 aromatic rings. The highest BCUT2D eigenvalue weighted by Crippen LogP contribution is 2.20. The number of pyridine rings is 1. The van der Waals surface area contributed by atoms with Gasteiger partial charge in [0.25, 0.3) is 5.24 Å². The van der Waals surface area contributed by atoms with Crippen LogP contribution in [0.4, 0.5) is 4.79 Å². The van der Waals surface area contributed by atoms with Gasteiger partial charge in [0.15, 0.2) is 11.4 Å². The molecule has 0 atom stereocenters. The molecule has 0 aliphatic carbocycles. The van der Waals surface area contributed by atoms with E-state index in [1.807, 2.05) is 35.9 Å². The van der Waals surface area contributed by atoms with E-state index in [1.165, 1.54) is 4.90 Å². The van der Waals surface area contributed by atoms with Gasteiger partial charge < -0.3 is 9.14 Å². The van der Waals surface area contributed by atoms with E-state index in [0.29, 0.717) is 13.2 Å². The van der Waals surface area contributed by atoms with Gasteiger partial charge in [-0.1, -0.05) is 11.8 Å². The Bertz CT molecular complexity index is 697. The molecule has 2 amide bonds. The monoisotopic (exact) mass is 319 g/mol. The number of hydrogen-bond donors (Lipinski definition) is 0. The zero-order valence-corrected chi connectivity index (χ0v) is 13.1. The molecule has 1 aliphatic heterocycles. The molecule has 6 nitrogen and oxygen atoms in total. The van der Waals surface area contributed by atoms with Crippen LogP contribution in [-0.4, -0.2) is 44.3 Å². The quantitative estimate of drug-likeness (QED) is 0.766. The largest absolute Gasteiger partial charge is 0.490 e. The number of fused-ring (bicyclic) bond motifs is 1. The summed E-state index contributed by atoms with van der Waals surface area (Å²) >= 11 is 1.07. The Labute approximate surface area is 132 Å². The van der Waals surface area contributed by atoms with E-state index < -0.39 is 0 Å². The van der Waals surface area contributed by atoms with Gasteiger partial charge in [0.1, 0.15) is 0 Å². The molecule has 0 spiro atoms. The molecule has 116 valence electrons. The van der Waals surface area contributed by atoms with Gasteiger partial charge in [0, 0.05) is 18.9 Å². The maximum atomic E-state index is 11.5. The minimum Gasteiger partial charge on any atom is -0.490 e. The minimum absolute atomic E-state index is 0.0893. The van der Waals surface area contributed by atoms with Crippen molar-refractivity contribution in [3.63, 3.8) is 0 Å². The zero-order chi connectivity index (χ0) is 15.5. The lowest BCUT2D eigenvalue weighted by molar-refractivity contribution is -0.124. The number of thioether (sulfide) groups is 1. The second kappa shape index (κ2) is 6.39. The van der Waals surface area contributed by atoms with E-state index in [9.17, 15) is 9.59 Å². The molecule has 0 N–H and O–H groups in total. The number of carbonyl (C=O) groups is 2. The van der Waals surface area contributed by atoms with Gasteiger partial charge in [-0.25, -0.2) is 4.98 Å². The highest BCUT2D eigenvalue weighted by atomic mass is 32.2. The summed E-state index contributed by atoms with van der Waals surface area (Å²) in [7, 11) is 0. The predicted molar refractivity (Wildman–Crippen MR) is 84.2 cm³/mol. The Hall–Kier alpha value is -2.02. The van der Waals surface area contributed by atoms with Crippen molar-refractivity contribution in [2.24, 2.45) is 0 Å². The third kappa shape index (κ3) is 3.09. The van der Waals surface area contributed by atoms with E-state index in [4.69, 9.17) is 4.74 Å². The third-order valence-electron chi connectivity index (χ3n) is 3.44. The van der Waals surface area contributed by atoms with Crippen molar-refractivity contribution in [2.45, 2.75) is 19.8 Å². The van der Waals surface area contributed by atoms with E-state index in [-0.39, 0.29) is 16.9 Å². The summed E-state index contributed by atoms with van der Waals surface area (Å²) in [6, 6.07) is 3.81. The minimum atomic E-state index is -0.136. The van der Waals surface area contributed by atoms with Crippen LogP contribution in [-0.2, 0) is 4.79 Å². The molecule has 1 aliphatic rings. The van der Waals surface area contributed by atoms with Gasteiger partial charge in [0.2, 0.25) is 5.91 Å². The number of rotatable bonds is 6. The van der Waals surface area contributed by atoms with Gasteiger partial charge in [-0.3, -0.25) is 14.5 Å². The van der Waals surface area contributed by atoms with Crippen molar-refractivity contribution >= 4 is 28.6 Å². The summed E-state index contributed by atoms with van der Waals surface area (Å²) in [6.07, 6.45) is 5.41. The highest BCUT2D eigenvalue weighted by Gasteiger charge is 2.28. The van der Waals surface area contributed by atoms with Crippen LogP contribution in [0.2, 0.25) is 0 Å². The number of aryl methyl sites for hydroxylation is 1.